The number of ether oxygens (including phenoxy) is 2. The van der Waals surface area contributed by atoms with Crippen LogP contribution in [0.1, 0.15) is 35.3 Å². The number of benzene rings is 2. The number of carbonyl (C=O) groups is 2. The number of carbonyl (C=O) groups excluding carboxylic acids is 2. The van der Waals surface area contributed by atoms with Gasteiger partial charge in [-0.05, 0) is 48.2 Å². The lowest BCUT2D eigenvalue weighted by Crippen LogP contribution is -2.45. The van der Waals surface area contributed by atoms with Gasteiger partial charge in [0.25, 0.3) is 5.91 Å². The smallest absolute Gasteiger partial charge is 0.329 e. The zero-order valence-electron chi connectivity index (χ0n) is 15.6. The minimum Gasteiger partial charge on any atom is -0.497 e. The van der Waals surface area contributed by atoms with Crippen LogP contribution in [0.5, 0.6) is 5.75 Å². The molecule has 0 aliphatic rings. The van der Waals surface area contributed by atoms with Crippen molar-refractivity contribution >= 4 is 11.9 Å². The Morgan fingerprint density at radius 1 is 1.04 bits per heavy atom. The standard InChI is InChI=1S/C21H25NO4/c1-14(2)19(21(24)26-13-17-8-6-5-7-15(17)3)22-20(23)16-9-11-18(25-4)12-10-16/h5-12,14,19H,13H2,1-4H3,(H,22,23)/t19-/m0/s1. The molecular weight excluding hydrogens is 330 g/mol. The quantitative estimate of drug-likeness (QED) is 0.772. The van der Waals surface area contributed by atoms with Gasteiger partial charge >= 0.3 is 5.97 Å². The summed E-state index contributed by atoms with van der Waals surface area (Å²) in [6.45, 7) is 5.89. The minimum atomic E-state index is -0.714. The van der Waals surface area contributed by atoms with E-state index in [0.717, 1.165) is 11.1 Å². The molecule has 0 saturated heterocycles. The highest BCUT2D eigenvalue weighted by Gasteiger charge is 2.26. The first kappa shape index (κ1) is 19.5. The number of nitrogens with one attached hydrogen (secondary N) is 1. The molecule has 0 aliphatic heterocycles. The van der Waals surface area contributed by atoms with Crippen molar-refractivity contribution in [1.29, 1.82) is 0 Å². The number of amides is 1. The summed E-state index contributed by atoms with van der Waals surface area (Å²) in [5.41, 5.74) is 2.47. The van der Waals surface area contributed by atoms with Crippen LogP contribution in [0.15, 0.2) is 48.5 Å². The van der Waals surface area contributed by atoms with Gasteiger partial charge in [0, 0.05) is 5.56 Å². The van der Waals surface area contributed by atoms with Crippen LogP contribution in [-0.4, -0.2) is 25.0 Å². The van der Waals surface area contributed by atoms with Gasteiger partial charge in [0.1, 0.15) is 18.4 Å². The van der Waals surface area contributed by atoms with Crippen LogP contribution >= 0.6 is 0 Å². The molecular formula is C21H25NO4. The summed E-state index contributed by atoms with van der Waals surface area (Å²) in [5.74, 6) is -0.189. The van der Waals surface area contributed by atoms with Gasteiger partial charge in [0.05, 0.1) is 7.11 Å². The molecule has 0 aromatic heterocycles. The average Bonchev–Trinajstić information content (AvgIpc) is 2.64. The fourth-order valence-electron chi connectivity index (χ4n) is 2.48. The maximum Gasteiger partial charge on any atom is 0.329 e. The van der Waals surface area contributed by atoms with Crippen molar-refractivity contribution in [3.05, 3.63) is 65.2 Å². The van der Waals surface area contributed by atoms with Crippen LogP contribution in [0, 0.1) is 12.8 Å². The van der Waals surface area contributed by atoms with E-state index in [-0.39, 0.29) is 18.4 Å². The van der Waals surface area contributed by atoms with Crippen molar-refractivity contribution in [1.82, 2.24) is 5.32 Å². The lowest BCUT2D eigenvalue weighted by Gasteiger charge is -2.21. The van der Waals surface area contributed by atoms with E-state index in [4.69, 9.17) is 9.47 Å². The van der Waals surface area contributed by atoms with E-state index in [2.05, 4.69) is 5.32 Å². The molecule has 1 N–H and O–H groups in total. The topological polar surface area (TPSA) is 64.6 Å². The molecule has 2 aromatic carbocycles. The van der Waals surface area contributed by atoms with Gasteiger partial charge in [0.15, 0.2) is 0 Å². The van der Waals surface area contributed by atoms with E-state index in [0.29, 0.717) is 11.3 Å². The molecule has 0 bridgehead atoms. The molecule has 26 heavy (non-hydrogen) atoms. The molecule has 2 rings (SSSR count). The first-order valence-corrected chi connectivity index (χ1v) is 8.58. The minimum absolute atomic E-state index is 0.0958. The van der Waals surface area contributed by atoms with Crippen LogP contribution in [0.25, 0.3) is 0 Å². The number of hydrogen-bond donors (Lipinski definition) is 1. The van der Waals surface area contributed by atoms with E-state index in [9.17, 15) is 9.59 Å². The predicted molar refractivity (Wildman–Crippen MR) is 100 cm³/mol. The van der Waals surface area contributed by atoms with Crippen molar-refractivity contribution < 1.29 is 19.1 Å². The third-order valence-corrected chi connectivity index (χ3v) is 4.19. The monoisotopic (exact) mass is 355 g/mol. The molecule has 5 nitrogen and oxygen atoms in total. The van der Waals surface area contributed by atoms with Gasteiger partial charge in [-0.25, -0.2) is 4.79 Å². The van der Waals surface area contributed by atoms with Crippen molar-refractivity contribution in [2.24, 2.45) is 5.92 Å². The zero-order chi connectivity index (χ0) is 19.1. The largest absolute Gasteiger partial charge is 0.497 e. The summed E-state index contributed by atoms with van der Waals surface area (Å²) >= 11 is 0. The van der Waals surface area contributed by atoms with Crippen molar-refractivity contribution in [3.8, 4) is 5.75 Å². The molecule has 0 radical (unpaired) electrons. The van der Waals surface area contributed by atoms with Crippen LogP contribution in [0.2, 0.25) is 0 Å². The van der Waals surface area contributed by atoms with Crippen LogP contribution in [-0.2, 0) is 16.1 Å². The normalized spacial score (nSPS) is 11.7. The van der Waals surface area contributed by atoms with E-state index >= 15 is 0 Å². The van der Waals surface area contributed by atoms with Gasteiger partial charge in [-0.3, -0.25) is 4.79 Å². The van der Waals surface area contributed by atoms with Gasteiger partial charge in [-0.1, -0.05) is 38.1 Å². The second-order valence-corrected chi connectivity index (χ2v) is 6.46. The maximum absolute atomic E-state index is 12.5. The van der Waals surface area contributed by atoms with E-state index in [1.807, 2.05) is 45.0 Å². The Morgan fingerprint density at radius 3 is 2.27 bits per heavy atom. The lowest BCUT2D eigenvalue weighted by molar-refractivity contribution is -0.148. The Kier molecular flexibility index (Phi) is 6.78. The Balaban J connectivity index is 2.01. The number of aryl methyl sites for hydroxylation is 1. The lowest BCUT2D eigenvalue weighted by atomic mass is 10.0. The van der Waals surface area contributed by atoms with Crippen LogP contribution in [0.3, 0.4) is 0 Å². The summed E-state index contributed by atoms with van der Waals surface area (Å²) in [6, 6.07) is 13.7. The third kappa shape index (κ3) is 5.09. The Morgan fingerprint density at radius 2 is 1.69 bits per heavy atom. The fraction of sp³-hybridized carbons (Fsp3) is 0.333. The second-order valence-electron chi connectivity index (χ2n) is 6.46. The summed E-state index contributed by atoms with van der Waals surface area (Å²) in [5, 5.41) is 2.77. The number of rotatable bonds is 7. The van der Waals surface area contributed by atoms with E-state index < -0.39 is 12.0 Å². The summed E-state index contributed by atoms with van der Waals surface area (Å²) in [6.07, 6.45) is 0. The first-order valence-electron chi connectivity index (χ1n) is 8.58. The SMILES string of the molecule is COc1ccc(C(=O)N[C@H](C(=O)OCc2ccccc2C)C(C)C)cc1. The van der Waals surface area contributed by atoms with E-state index in [1.165, 1.54) is 0 Å². The van der Waals surface area contributed by atoms with Gasteiger partial charge in [0.2, 0.25) is 0 Å². The number of methoxy groups -OCH3 is 1. The summed E-state index contributed by atoms with van der Waals surface area (Å²) in [7, 11) is 1.56. The summed E-state index contributed by atoms with van der Waals surface area (Å²) < 4.78 is 10.5. The molecule has 0 unspecified atom stereocenters. The zero-order valence-corrected chi connectivity index (χ0v) is 15.6. The molecule has 138 valence electrons. The molecule has 1 amide bonds. The first-order chi connectivity index (χ1) is 12.4. The Hall–Kier alpha value is -2.82. The third-order valence-electron chi connectivity index (χ3n) is 4.19. The van der Waals surface area contributed by atoms with Gasteiger partial charge in [-0.15, -0.1) is 0 Å². The summed E-state index contributed by atoms with van der Waals surface area (Å²) in [4.78, 5) is 24.9. The predicted octanol–water partition coefficient (Wildman–Crippen LogP) is 3.50. The highest BCUT2D eigenvalue weighted by Crippen LogP contribution is 2.14. The Bertz CT molecular complexity index is 753. The number of esters is 1. The Labute approximate surface area is 154 Å². The molecule has 5 heteroatoms. The van der Waals surface area contributed by atoms with Gasteiger partial charge in [-0.2, -0.15) is 0 Å². The van der Waals surface area contributed by atoms with E-state index in [1.54, 1.807) is 31.4 Å². The maximum atomic E-state index is 12.5. The fourth-order valence-corrected chi connectivity index (χ4v) is 2.48. The van der Waals surface area contributed by atoms with Crippen molar-refractivity contribution in [2.75, 3.05) is 7.11 Å². The molecule has 0 spiro atoms. The number of hydrogen-bond acceptors (Lipinski definition) is 4. The highest BCUT2D eigenvalue weighted by molar-refractivity contribution is 5.96. The van der Waals surface area contributed by atoms with Crippen LogP contribution in [0.4, 0.5) is 0 Å². The van der Waals surface area contributed by atoms with Crippen LogP contribution < -0.4 is 10.1 Å². The highest BCUT2D eigenvalue weighted by atomic mass is 16.5. The molecule has 2 aromatic rings. The van der Waals surface area contributed by atoms with Gasteiger partial charge < -0.3 is 14.8 Å². The van der Waals surface area contributed by atoms with Crippen molar-refractivity contribution in [3.63, 3.8) is 0 Å². The van der Waals surface area contributed by atoms with Crippen molar-refractivity contribution in [2.45, 2.75) is 33.4 Å². The molecule has 0 aliphatic carbocycles. The molecule has 0 fully saturated rings. The average molecular weight is 355 g/mol. The second kappa shape index (κ2) is 9.04. The molecule has 0 saturated carbocycles. The molecule has 0 heterocycles. The molecule has 1 atom stereocenters.